The number of hydrogen-bond acceptors (Lipinski definition) is 4. The average molecular weight is 280 g/mol. The van der Waals surface area contributed by atoms with E-state index >= 15 is 0 Å². The Morgan fingerprint density at radius 2 is 1.74 bits per heavy atom. The van der Waals surface area contributed by atoms with Gasteiger partial charge in [-0.05, 0) is 36.4 Å². The zero-order valence-corrected chi connectivity index (χ0v) is 11.0. The molecule has 0 saturated heterocycles. The Labute approximate surface area is 111 Å². The largest absolute Gasteiger partial charge is 0.395 e. The first kappa shape index (κ1) is 13.4. The van der Waals surface area contributed by atoms with Crippen molar-refractivity contribution in [2.24, 2.45) is 0 Å². The normalized spacial score (nSPS) is 11.3. The Balaban J connectivity index is 2.27. The highest BCUT2D eigenvalue weighted by atomic mass is 32.2. The van der Waals surface area contributed by atoms with Crippen molar-refractivity contribution in [2.75, 3.05) is 17.3 Å². The summed E-state index contributed by atoms with van der Waals surface area (Å²) < 4.78 is 35.9. The minimum absolute atomic E-state index is 0.0229. The van der Waals surface area contributed by atoms with E-state index in [4.69, 9.17) is 5.73 Å². The number of halogens is 1. The number of nitrogens with one attached hydrogen (secondary N) is 1. The molecule has 0 heterocycles. The summed E-state index contributed by atoms with van der Waals surface area (Å²) in [6, 6.07) is 10.6. The summed E-state index contributed by atoms with van der Waals surface area (Å²) in [5, 5.41) is 2.93. The minimum atomic E-state index is -3.22. The summed E-state index contributed by atoms with van der Waals surface area (Å²) in [6.07, 6.45) is 1.14. The summed E-state index contributed by atoms with van der Waals surface area (Å²) in [4.78, 5) is 0.227. The Morgan fingerprint density at radius 1 is 1.11 bits per heavy atom. The fourth-order valence-electron chi connectivity index (χ4n) is 1.59. The molecule has 0 aromatic heterocycles. The molecule has 0 aliphatic rings. The maximum atomic E-state index is 13.3. The number of anilines is 3. The molecular weight excluding hydrogens is 267 g/mol. The Morgan fingerprint density at radius 3 is 2.32 bits per heavy atom. The van der Waals surface area contributed by atoms with Crippen LogP contribution < -0.4 is 11.1 Å². The van der Waals surface area contributed by atoms with E-state index in [1.165, 1.54) is 18.2 Å². The van der Waals surface area contributed by atoms with Crippen molar-refractivity contribution >= 4 is 26.9 Å². The molecule has 0 fully saturated rings. The van der Waals surface area contributed by atoms with Crippen LogP contribution in [0.2, 0.25) is 0 Å². The van der Waals surface area contributed by atoms with Gasteiger partial charge in [0.25, 0.3) is 0 Å². The average Bonchev–Trinajstić information content (AvgIpc) is 2.35. The van der Waals surface area contributed by atoms with Gasteiger partial charge in [0.05, 0.1) is 16.3 Å². The van der Waals surface area contributed by atoms with Gasteiger partial charge in [0, 0.05) is 11.9 Å². The van der Waals surface area contributed by atoms with Crippen molar-refractivity contribution in [3.05, 3.63) is 48.3 Å². The molecule has 2 aromatic rings. The third-order valence-electron chi connectivity index (χ3n) is 2.61. The van der Waals surface area contributed by atoms with Gasteiger partial charge in [0.15, 0.2) is 9.84 Å². The standard InChI is InChI=1S/C13H13FN2O2S/c1-19(17,18)10-7-5-9(6-8-10)16-12-4-2-3-11(14)13(12)15/h2-8,16H,15H2,1H3. The maximum Gasteiger partial charge on any atom is 0.175 e. The van der Waals surface area contributed by atoms with Crippen molar-refractivity contribution < 1.29 is 12.8 Å². The Kier molecular flexibility index (Phi) is 3.44. The van der Waals surface area contributed by atoms with Gasteiger partial charge in [-0.15, -0.1) is 0 Å². The van der Waals surface area contributed by atoms with Gasteiger partial charge in [0.1, 0.15) is 5.82 Å². The molecule has 0 saturated carbocycles. The second kappa shape index (κ2) is 4.89. The van der Waals surface area contributed by atoms with Crippen molar-refractivity contribution in [2.45, 2.75) is 4.90 Å². The third-order valence-corrected chi connectivity index (χ3v) is 3.74. The van der Waals surface area contributed by atoms with Crippen LogP contribution in [0.3, 0.4) is 0 Å². The molecule has 0 aliphatic carbocycles. The van der Waals surface area contributed by atoms with Crippen molar-refractivity contribution in [3.8, 4) is 0 Å². The summed E-state index contributed by atoms with van der Waals surface area (Å²) >= 11 is 0. The van der Waals surface area contributed by atoms with E-state index in [1.54, 1.807) is 24.3 Å². The topological polar surface area (TPSA) is 72.2 Å². The molecule has 0 atom stereocenters. The van der Waals surface area contributed by atoms with Gasteiger partial charge in [-0.2, -0.15) is 0 Å². The molecule has 100 valence electrons. The Bertz CT molecular complexity index is 697. The van der Waals surface area contributed by atoms with Crippen LogP contribution in [0.25, 0.3) is 0 Å². The van der Waals surface area contributed by atoms with Crippen LogP contribution in [-0.4, -0.2) is 14.7 Å². The summed E-state index contributed by atoms with van der Waals surface area (Å²) in [7, 11) is -3.22. The lowest BCUT2D eigenvalue weighted by Gasteiger charge is -2.10. The second-order valence-corrected chi connectivity index (χ2v) is 6.14. The van der Waals surface area contributed by atoms with Crippen molar-refractivity contribution in [3.63, 3.8) is 0 Å². The summed E-state index contributed by atoms with van der Waals surface area (Å²) in [5.41, 5.74) is 6.69. The summed E-state index contributed by atoms with van der Waals surface area (Å²) in [6.45, 7) is 0. The molecule has 6 heteroatoms. The van der Waals surface area contributed by atoms with E-state index < -0.39 is 15.7 Å². The van der Waals surface area contributed by atoms with E-state index in [0.717, 1.165) is 6.26 Å². The van der Waals surface area contributed by atoms with Crippen LogP contribution in [0.4, 0.5) is 21.5 Å². The molecule has 19 heavy (non-hydrogen) atoms. The molecule has 0 aliphatic heterocycles. The molecule has 0 amide bonds. The molecule has 0 bridgehead atoms. The first-order valence-corrected chi connectivity index (χ1v) is 7.38. The highest BCUT2D eigenvalue weighted by Gasteiger charge is 2.07. The van der Waals surface area contributed by atoms with Gasteiger partial charge in [-0.1, -0.05) is 6.07 Å². The first-order chi connectivity index (χ1) is 8.88. The smallest absolute Gasteiger partial charge is 0.175 e. The lowest BCUT2D eigenvalue weighted by atomic mass is 10.2. The van der Waals surface area contributed by atoms with Crippen LogP contribution in [-0.2, 0) is 9.84 Å². The summed E-state index contributed by atoms with van der Waals surface area (Å²) in [5.74, 6) is -0.502. The van der Waals surface area contributed by atoms with Gasteiger partial charge < -0.3 is 11.1 Å². The molecule has 2 rings (SSSR count). The quantitative estimate of drug-likeness (QED) is 0.848. The molecule has 3 N–H and O–H groups in total. The monoisotopic (exact) mass is 280 g/mol. The van der Waals surface area contributed by atoms with Gasteiger partial charge >= 0.3 is 0 Å². The zero-order chi connectivity index (χ0) is 14.0. The molecule has 2 aromatic carbocycles. The Hall–Kier alpha value is -2.08. The molecule has 0 unspecified atom stereocenters. The number of sulfone groups is 1. The number of para-hydroxylation sites is 1. The van der Waals surface area contributed by atoms with Crippen LogP contribution in [0.5, 0.6) is 0 Å². The fourth-order valence-corrected chi connectivity index (χ4v) is 2.22. The fraction of sp³-hybridized carbons (Fsp3) is 0.0769. The predicted molar refractivity (Wildman–Crippen MR) is 73.6 cm³/mol. The van der Waals surface area contributed by atoms with Crippen LogP contribution in [0.1, 0.15) is 0 Å². The second-order valence-electron chi connectivity index (χ2n) is 4.12. The zero-order valence-electron chi connectivity index (χ0n) is 10.2. The van der Waals surface area contributed by atoms with E-state index in [2.05, 4.69) is 5.32 Å². The molecular formula is C13H13FN2O2S. The highest BCUT2D eigenvalue weighted by molar-refractivity contribution is 7.90. The molecule has 0 spiro atoms. The van der Waals surface area contributed by atoms with Gasteiger partial charge in [0.2, 0.25) is 0 Å². The molecule has 4 nitrogen and oxygen atoms in total. The molecule has 0 radical (unpaired) electrons. The van der Waals surface area contributed by atoms with Crippen molar-refractivity contribution in [1.29, 1.82) is 0 Å². The number of hydrogen-bond donors (Lipinski definition) is 2. The minimum Gasteiger partial charge on any atom is -0.395 e. The van der Waals surface area contributed by atoms with Gasteiger partial charge in [-0.25, -0.2) is 12.8 Å². The maximum absolute atomic E-state index is 13.3. The third kappa shape index (κ3) is 3.03. The number of rotatable bonds is 3. The van der Waals surface area contributed by atoms with E-state index in [0.29, 0.717) is 11.4 Å². The number of nitrogens with two attached hydrogens (primary N) is 1. The highest BCUT2D eigenvalue weighted by Crippen LogP contribution is 2.25. The van der Waals surface area contributed by atoms with Crippen LogP contribution in [0, 0.1) is 5.82 Å². The van der Waals surface area contributed by atoms with E-state index in [-0.39, 0.29) is 10.6 Å². The lowest BCUT2D eigenvalue weighted by Crippen LogP contribution is -2.00. The lowest BCUT2D eigenvalue weighted by molar-refractivity contribution is 0.602. The van der Waals surface area contributed by atoms with E-state index in [9.17, 15) is 12.8 Å². The van der Waals surface area contributed by atoms with Gasteiger partial charge in [-0.3, -0.25) is 0 Å². The van der Waals surface area contributed by atoms with Crippen LogP contribution >= 0.6 is 0 Å². The predicted octanol–water partition coefficient (Wildman–Crippen LogP) is 2.56. The number of benzene rings is 2. The van der Waals surface area contributed by atoms with Crippen LogP contribution in [0.15, 0.2) is 47.4 Å². The SMILES string of the molecule is CS(=O)(=O)c1ccc(Nc2cccc(F)c2N)cc1. The van der Waals surface area contributed by atoms with E-state index in [1.807, 2.05) is 0 Å². The van der Waals surface area contributed by atoms with Crippen molar-refractivity contribution in [1.82, 2.24) is 0 Å². The number of nitrogen functional groups attached to an aromatic ring is 1. The first-order valence-electron chi connectivity index (χ1n) is 5.49.